The van der Waals surface area contributed by atoms with Crippen LogP contribution in [0.4, 0.5) is 10.5 Å². The highest BCUT2D eigenvalue weighted by Gasteiger charge is 2.37. The third-order valence-corrected chi connectivity index (χ3v) is 4.62. The molecule has 1 heterocycles. The minimum atomic E-state index is -0.711. The molecule has 29 heavy (non-hydrogen) atoms. The first-order valence-corrected chi connectivity index (χ1v) is 9.19. The molecule has 1 unspecified atom stereocenters. The van der Waals surface area contributed by atoms with Gasteiger partial charge in [0.2, 0.25) is 5.91 Å². The van der Waals surface area contributed by atoms with Gasteiger partial charge in [-0.15, -0.1) is 0 Å². The summed E-state index contributed by atoms with van der Waals surface area (Å²) >= 11 is 0. The number of hydrogen-bond donors (Lipinski definition) is 2. The smallest absolute Gasteiger partial charge is 0.325 e. The molecule has 1 aliphatic heterocycles. The number of nitrogens with zero attached hydrogens (tertiary/aromatic N) is 1. The van der Waals surface area contributed by atoms with Crippen LogP contribution >= 0.6 is 0 Å². The lowest BCUT2D eigenvalue weighted by Crippen LogP contribution is -2.31. The van der Waals surface area contributed by atoms with Gasteiger partial charge in [-0.3, -0.25) is 14.5 Å². The number of ether oxygens (including phenoxy) is 2. The molecule has 0 aromatic heterocycles. The summed E-state index contributed by atoms with van der Waals surface area (Å²) in [6, 6.07) is 13.0. The van der Waals surface area contributed by atoms with Gasteiger partial charge in [0, 0.05) is 18.2 Å². The summed E-state index contributed by atoms with van der Waals surface area (Å²) in [4.78, 5) is 38.1. The lowest BCUT2D eigenvalue weighted by Gasteiger charge is -2.13. The number of nitrogens with one attached hydrogen (secondary N) is 2. The monoisotopic (exact) mass is 397 g/mol. The molecular weight excluding hydrogens is 374 g/mol. The number of anilines is 1. The van der Waals surface area contributed by atoms with Crippen LogP contribution in [0, 0.1) is 0 Å². The summed E-state index contributed by atoms with van der Waals surface area (Å²) in [5, 5.41) is 5.41. The van der Waals surface area contributed by atoms with Crippen LogP contribution in [0.2, 0.25) is 0 Å². The summed E-state index contributed by atoms with van der Waals surface area (Å²) in [7, 11) is 3.12. The Labute approximate surface area is 168 Å². The van der Waals surface area contributed by atoms with Crippen LogP contribution in [0.15, 0.2) is 48.5 Å². The number of methoxy groups -OCH3 is 2. The van der Waals surface area contributed by atoms with E-state index in [1.165, 1.54) is 0 Å². The molecule has 8 heteroatoms. The minimum absolute atomic E-state index is 0.101. The standard InChI is InChI=1S/C21H23N3O5/c1-28-16-8-6-14(7-9-16)13-24-20(26)18(23-21(24)27)10-11-19(25)22-15-4-3-5-17(12-15)29-2/h3-9,12,18H,10-11,13H2,1-2H3,(H,22,25)(H,23,27). The molecule has 4 amide bonds. The number of urea groups is 1. The molecule has 8 nitrogen and oxygen atoms in total. The number of amides is 4. The summed E-state index contributed by atoms with van der Waals surface area (Å²) in [5.74, 6) is 0.759. The van der Waals surface area contributed by atoms with Crippen LogP contribution in [0.1, 0.15) is 18.4 Å². The lowest BCUT2D eigenvalue weighted by atomic mass is 10.1. The first-order chi connectivity index (χ1) is 14.0. The van der Waals surface area contributed by atoms with E-state index in [2.05, 4.69) is 10.6 Å². The van der Waals surface area contributed by atoms with Crippen molar-refractivity contribution in [3.63, 3.8) is 0 Å². The van der Waals surface area contributed by atoms with Crippen LogP contribution in [0.25, 0.3) is 0 Å². The van der Waals surface area contributed by atoms with Crippen molar-refractivity contribution in [3.05, 3.63) is 54.1 Å². The van der Waals surface area contributed by atoms with Gasteiger partial charge < -0.3 is 20.1 Å². The van der Waals surface area contributed by atoms with E-state index >= 15 is 0 Å². The van der Waals surface area contributed by atoms with Crippen molar-refractivity contribution < 1.29 is 23.9 Å². The number of hydrogen-bond acceptors (Lipinski definition) is 5. The Balaban J connectivity index is 1.53. The highest BCUT2D eigenvalue weighted by Crippen LogP contribution is 2.19. The van der Waals surface area contributed by atoms with Crippen LogP contribution in [-0.4, -0.2) is 43.0 Å². The third kappa shape index (κ3) is 5.04. The van der Waals surface area contributed by atoms with Gasteiger partial charge in [0.1, 0.15) is 17.5 Å². The van der Waals surface area contributed by atoms with E-state index in [-0.39, 0.29) is 31.2 Å². The molecule has 0 bridgehead atoms. The van der Waals surface area contributed by atoms with Crippen LogP contribution in [0.5, 0.6) is 11.5 Å². The van der Waals surface area contributed by atoms with E-state index in [4.69, 9.17) is 9.47 Å². The number of carbonyl (C=O) groups excluding carboxylic acids is 3. The fourth-order valence-electron chi connectivity index (χ4n) is 3.04. The van der Waals surface area contributed by atoms with Gasteiger partial charge in [0.05, 0.1) is 20.8 Å². The highest BCUT2D eigenvalue weighted by molar-refractivity contribution is 6.04. The second-order valence-corrected chi connectivity index (χ2v) is 6.59. The minimum Gasteiger partial charge on any atom is -0.497 e. The average Bonchev–Trinajstić information content (AvgIpc) is 3.00. The van der Waals surface area contributed by atoms with E-state index in [0.717, 1.165) is 10.5 Å². The van der Waals surface area contributed by atoms with Crippen molar-refractivity contribution in [1.29, 1.82) is 0 Å². The Morgan fingerprint density at radius 3 is 2.48 bits per heavy atom. The second-order valence-electron chi connectivity index (χ2n) is 6.59. The fourth-order valence-corrected chi connectivity index (χ4v) is 3.04. The maximum atomic E-state index is 12.6. The number of benzene rings is 2. The van der Waals surface area contributed by atoms with Crippen molar-refractivity contribution in [2.24, 2.45) is 0 Å². The van der Waals surface area contributed by atoms with Gasteiger partial charge in [-0.05, 0) is 36.2 Å². The van der Waals surface area contributed by atoms with E-state index in [0.29, 0.717) is 17.2 Å². The molecule has 0 saturated carbocycles. The molecule has 152 valence electrons. The molecule has 1 atom stereocenters. The molecule has 1 saturated heterocycles. The van der Waals surface area contributed by atoms with Crippen LogP contribution in [0.3, 0.4) is 0 Å². The van der Waals surface area contributed by atoms with Gasteiger partial charge in [0.15, 0.2) is 0 Å². The van der Waals surface area contributed by atoms with E-state index in [1.54, 1.807) is 62.8 Å². The Morgan fingerprint density at radius 2 is 1.79 bits per heavy atom. The largest absolute Gasteiger partial charge is 0.497 e. The topological polar surface area (TPSA) is 97.0 Å². The third-order valence-electron chi connectivity index (χ3n) is 4.62. The maximum Gasteiger partial charge on any atom is 0.325 e. The normalized spacial score (nSPS) is 15.8. The van der Waals surface area contributed by atoms with E-state index in [1.807, 2.05) is 0 Å². The lowest BCUT2D eigenvalue weighted by molar-refractivity contribution is -0.128. The molecule has 1 fully saturated rings. The summed E-state index contributed by atoms with van der Waals surface area (Å²) in [6.45, 7) is 0.168. The van der Waals surface area contributed by atoms with Crippen LogP contribution < -0.4 is 20.1 Å². The first-order valence-electron chi connectivity index (χ1n) is 9.19. The van der Waals surface area contributed by atoms with E-state index < -0.39 is 12.1 Å². The number of carbonyl (C=O) groups is 3. The van der Waals surface area contributed by atoms with Gasteiger partial charge in [0.25, 0.3) is 5.91 Å². The molecular formula is C21H23N3O5. The Bertz CT molecular complexity index is 897. The van der Waals surface area contributed by atoms with Gasteiger partial charge in [-0.25, -0.2) is 4.79 Å². The number of rotatable bonds is 8. The van der Waals surface area contributed by atoms with Crippen molar-refractivity contribution in [3.8, 4) is 11.5 Å². The predicted octanol–water partition coefficient (Wildman–Crippen LogP) is 2.54. The Hall–Kier alpha value is -3.55. The van der Waals surface area contributed by atoms with Gasteiger partial charge in [-0.1, -0.05) is 18.2 Å². The molecule has 0 radical (unpaired) electrons. The molecule has 0 spiro atoms. The molecule has 2 aromatic carbocycles. The zero-order valence-electron chi connectivity index (χ0n) is 16.3. The fraction of sp³-hybridized carbons (Fsp3) is 0.286. The highest BCUT2D eigenvalue weighted by atomic mass is 16.5. The second kappa shape index (κ2) is 9.09. The Kier molecular flexibility index (Phi) is 6.33. The van der Waals surface area contributed by atoms with Crippen molar-refractivity contribution in [1.82, 2.24) is 10.2 Å². The van der Waals surface area contributed by atoms with Gasteiger partial charge >= 0.3 is 6.03 Å². The van der Waals surface area contributed by atoms with Crippen molar-refractivity contribution in [2.75, 3.05) is 19.5 Å². The van der Waals surface area contributed by atoms with Gasteiger partial charge in [-0.2, -0.15) is 0 Å². The quantitative estimate of drug-likeness (QED) is 0.667. The van der Waals surface area contributed by atoms with Crippen LogP contribution in [-0.2, 0) is 16.1 Å². The Morgan fingerprint density at radius 1 is 1.07 bits per heavy atom. The van der Waals surface area contributed by atoms with E-state index in [9.17, 15) is 14.4 Å². The first kappa shape index (κ1) is 20.2. The molecule has 3 rings (SSSR count). The van der Waals surface area contributed by atoms with Crippen molar-refractivity contribution >= 4 is 23.5 Å². The molecule has 1 aliphatic rings. The summed E-state index contributed by atoms with van der Waals surface area (Å²) in [6.07, 6.45) is 0.323. The SMILES string of the molecule is COc1ccc(CN2C(=O)NC(CCC(=O)Nc3cccc(OC)c3)C2=O)cc1. The molecule has 0 aliphatic carbocycles. The molecule has 2 aromatic rings. The number of imide groups is 1. The summed E-state index contributed by atoms with van der Waals surface area (Å²) < 4.78 is 10.2. The molecule has 2 N–H and O–H groups in total. The summed E-state index contributed by atoms with van der Waals surface area (Å²) in [5.41, 5.74) is 1.42. The maximum absolute atomic E-state index is 12.6. The van der Waals surface area contributed by atoms with Crippen molar-refractivity contribution in [2.45, 2.75) is 25.4 Å². The zero-order chi connectivity index (χ0) is 20.8. The predicted molar refractivity (Wildman–Crippen MR) is 107 cm³/mol. The zero-order valence-corrected chi connectivity index (χ0v) is 16.3. The average molecular weight is 397 g/mol.